The summed E-state index contributed by atoms with van der Waals surface area (Å²) < 4.78 is 39.1. The maximum Gasteiger partial charge on any atom is 0.416 e. The van der Waals surface area contributed by atoms with Crippen LogP contribution in [0, 0.1) is 0 Å². The van der Waals surface area contributed by atoms with Gasteiger partial charge in [-0.05, 0) is 41.5 Å². The maximum absolute atomic E-state index is 13.0. The van der Waals surface area contributed by atoms with Gasteiger partial charge in [-0.2, -0.15) is 18.3 Å². The molecule has 9 heteroatoms. The molecule has 0 aliphatic rings. The zero-order chi connectivity index (χ0) is 18.7. The van der Waals surface area contributed by atoms with Gasteiger partial charge in [0, 0.05) is 16.6 Å². The molecule has 0 saturated carbocycles. The minimum atomic E-state index is -4.43. The number of nitrogens with one attached hydrogen (secondary N) is 2. The molecular weight excluding hydrogens is 388 g/mol. The minimum Gasteiger partial charge on any atom is -0.299 e. The molecule has 0 aliphatic carbocycles. The molecule has 0 unspecified atom stereocenters. The zero-order valence-corrected chi connectivity index (χ0v) is 14.7. The zero-order valence-electron chi connectivity index (χ0n) is 13.2. The normalized spacial score (nSPS) is 13.0. The predicted octanol–water partition coefficient (Wildman–Crippen LogP) is 5.01. The van der Waals surface area contributed by atoms with Gasteiger partial charge >= 0.3 is 6.18 Å². The Morgan fingerprint density at radius 3 is 2.62 bits per heavy atom. The van der Waals surface area contributed by atoms with Crippen LogP contribution in [0.1, 0.15) is 28.6 Å². The van der Waals surface area contributed by atoms with Gasteiger partial charge in [0.1, 0.15) is 12.2 Å². The third kappa shape index (κ3) is 4.35. The lowest BCUT2D eigenvalue weighted by atomic mass is 10.0. The smallest absolute Gasteiger partial charge is 0.299 e. The highest BCUT2D eigenvalue weighted by Crippen LogP contribution is 2.32. The lowest BCUT2D eigenvalue weighted by molar-refractivity contribution is -0.137. The van der Waals surface area contributed by atoms with Gasteiger partial charge in [0.05, 0.1) is 11.6 Å². The summed E-state index contributed by atoms with van der Waals surface area (Å²) in [5, 5.41) is 10.6. The highest BCUT2D eigenvalue weighted by Gasteiger charge is 2.31. The van der Waals surface area contributed by atoms with Crippen molar-refractivity contribution in [3.63, 3.8) is 0 Å². The Kier molecular flexibility index (Phi) is 5.50. The molecule has 4 nitrogen and oxygen atoms in total. The summed E-state index contributed by atoms with van der Waals surface area (Å²) in [5.41, 5.74) is 0.382. The first-order valence-electron chi connectivity index (χ1n) is 7.54. The third-order valence-electron chi connectivity index (χ3n) is 3.76. The fraction of sp³-hybridized carbons (Fsp3) is 0.176. The van der Waals surface area contributed by atoms with Crippen molar-refractivity contribution in [1.29, 1.82) is 0 Å². The first kappa shape index (κ1) is 18.7. The largest absolute Gasteiger partial charge is 0.416 e. The Balaban J connectivity index is 1.91. The molecular formula is C17H13Cl2F3N4. The molecule has 3 rings (SSSR count). The van der Waals surface area contributed by atoms with Crippen molar-refractivity contribution in [3.8, 4) is 0 Å². The second-order valence-corrected chi connectivity index (χ2v) is 6.39. The van der Waals surface area contributed by atoms with Gasteiger partial charge < -0.3 is 0 Å². The highest BCUT2D eigenvalue weighted by atomic mass is 35.5. The maximum atomic E-state index is 13.0. The fourth-order valence-electron chi connectivity index (χ4n) is 2.51. The molecule has 2 aromatic carbocycles. The lowest BCUT2D eigenvalue weighted by Crippen LogP contribution is -2.24. The van der Waals surface area contributed by atoms with Crippen molar-refractivity contribution >= 4 is 23.2 Å². The van der Waals surface area contributed by atoms with E-state index in [1.807, 2.05) is 0 Å². The molecule has 136 valence electrons. The SMILES string of the molecule is FC(F)(F)c1cccc([C@H](NCc2cc(Cl)ccc2Cl)c2ncn[nH]2)c1. The lowest BCUT2D eigenvalue weighted by Gasteiger charge is -2.19. The van der Waals surface area contributed by atoms with Crippen molar-refractivity contribution in [2.45, 2.75) is 18.8 Å². The van der Waals surface area contributed by atoms with Crippen LogP contribution in [0.2, 0.25) is 10.0 Å². The number of halogens is 5. The van der Waals surface area contributed by atoms with E-state index in [1.54, 1.807) is 24.3 Å². The second kappa shape index (κ2) is 7.65. The molecule has 0 fully saturated rings. The van der Waals surface area contributed by atoms with E-state index in [4.69, 9.17) is 23.2 Å². The van der Waals surface area contributed by atoms with Gasteiger partial charge in [-0.3, -0.25) is 10.4 Å². The van der Waals surface area contributed by atoms with E-state index >= 15 is 0 Å². The topological polar surface area (TPSA) is 53.6 Å². The van der Waals surface area contributed by atoms with Crippen LogP contribution in [-0.4, -0.2) is 15.2 Å². The van der Waals surface area contributed by atoms with Crippen molar-refractivity contribution < 1.29 is 13.2 Å². The summed E-state index contributed by atoms with van der Waals surface area (Å²) in [7, 11) is 0. The Morgan fingerprint density at radius 1 is 1.12 bits per heavy atom. The van der Waals surface area contributed by atoms with Gasteiger partial charge in [-0.1, -0.05) is 35.3 Å². The second-order valence-electron chi connectivity index (χ2n) is 5.54. The van der Waals surface area contributed by atoms with Gasteiger partial charge in [-0.25, -0.2) is 4.98 Å². The molecule has 0 spiro atoms. The molecule has 3 aromatic rings. The van der Waals surface area contributed by atoms with E-state index in [0.29, 0.717) is 21.4 Å². The molecule has 0 saturated heterocycles. The van der Waals surface area contributed by atoms with Crippen LogP contribution in [0.15, 0.2) is 48.8 Å². The quantitative estimate of drug-likeness (QED) is 0.632. The fourth-order valence-corrected chi connectivity index (χ4v) is 2.89. The molecule has 2 N–H and O–H groups in total. The van der Waals surface area contributed by atoms with E-state index in [2.05, 4.69) is 20.5 Å². The number of alkyl halides is 3. The first-order valence-corrected chi connectivity index (χ1v) is 8.30. The number of aromatic amines is 1. The van der Waals surface area contributed by atoms with E-state index in [-0.39, 0.29) is 6.54 Å². The summed E-state index contributed by atoms with van der Waals surface area (Å²) in [6.07, 6.45) is -3.14. The number of rotatable bonds is 5. The van der Waals surface area contributed by atoms with Crippen molar-refractivity contribution in [2.75, 3.05) is 0 Å². The standard InChI is InChI=1S/C17H13Cl2F3N4/c18-13-4-5-14(19)11(7-13)8-23-15(16-24-9-25-26-16)10-2-1-3-12(6-10)17(20,21)22/h1-7,9,15,23H,8H2,(H,24,25,26)/t15-/m0/s1. The van der Waals surface area contributed by atoms with Crippen LogP contribution in [0.25, 0.3) is 0 Å². The summed E-state index contributed by atoms with van der Waals surface area (Å²) in [4.78, 5) is 4.07. The van der Waals surface area contributed by atoms with Crippen molar-refractivity contribution in [2.24, 2.45) is 0 Å². The molecule has 0 amide bonds. The van der Waals surface area contributed by atoms with E-state index in [9.17, 15) is 13.2 Å². The molecule has 0 radical (unpaired) electrons. The molecule has 1 aromatic heterocycles. The summed E-state index contributed by atoms with van der Waals surface area (Å²) in [6.45, 7) is 0.279. The first-order chi connectivity index (χ1) is 12.3. The minimum absolute atomic E-state index is 0.279. The van der Waals surface area contributed by atoms with Crippen molar-refractivity contribution in [1.82, 2.24) is 20.5 Å². The van der Waals surface area contributed by atoms with Crippen LogP contribution in [-0.2, 0) is 12.7 Å². The number of aromatic nitrogens is 3. The molecule has 1 atom stereocenters. The Labute approximate surface area is 157 Å². The van der Waals surface area contributed by atoms with Gasteiger partial charge in [0.15, 0.2) is 0 Å². The van der Waals surface area contributed by atoms with Crippen LogP contribution < -0.4 is 5.32 Å². The Bertz CT molecular complexity index is 882. The van der Waals surface area contributed by atoms with Gasteiger partial charge in [0.2, 0.25) is 0 Å². The van der Waals surface area contributed by atoms with Crippen LogP contribution in [0.4, 0.5) is 13.2 Å². The highest BCUT2D eigenvalue weighted by molar-refractivity contribution is 6.33. The van der Waals surface area contributed by atoms with E-state index in [1.165, 1.54) is 12.4 Å². The average molecular weight is 401 g/mol. The monoisotopic (exact) mass is 400 g/mol. The Morgan fingerprint density at radius 2 is 1.92 bits per heavy atom. The van der Waals surface area contributed by atoms with Crippen LogP contribution in [0.3, 0.4) is 0 Å². The van der Waals surface area contributed by atoms with Crippen molar-refractivity contribution in [3.05, 3.63) is 81.4 Å². The number of hydrogen-bond donors (Lipinski definition) is 2. The summed E-state index contributed by atoms with van der Waals surface area (Å²) in [6, 6.07) is 9.44. The van der Waals surface area contributed by atoms with Gasteiger partial charge in [-0.15, -0.1) is 0 Å². The molecule has 1 heterocycles. The van der Waals surface area contributed by atoms with Gasteiger partial charge in [0.25, 0.3) is 0 Å². The molecule has 26 heavy (non-hydrogen) atoms. The van der Waals surface area contributed by atoms with Crippen LogP contribution in [0.5, 0.6) is 0 Å². The Hall–Kier alpha value is -2.09. The van der Waals surface area contributed by atoms with Crippen LogP contribution >= 0.6 is 23.2 Å². The molecule has 0 bridgehead atoms. The summed E-state index contributed by atoms with van der Waals surface area (Å²) in [5.74, 6) is 0.391. The number of hydrogen-bond acceptors (Lipinski definition) is 3. The third-order valence-corrected chi connectivity index (χ3v) is 4.36. The number of benzene rings is 2. The predicted molar refractivity (Wildman–Crippen MR) is 93.0 cm³/mol. The number of nitrogens with zero attached hydrogens (tertiary/aromatic N) is 2. The van der Waals surface area contributed by atoms with E-state index < -0.39 is 17.8 Å². The number of H-pyrrole nitrogens is 1. The summed E-state index contributed by atoms with van der Waals surface area (Å²) >= 11 is 12.1. The molecule has 0 aliphatic heterocycles. The average Bonchev–Trinajstić information content (AvgIpc) is 3.12. The van der Waals surface area contributed by atoms with E-state index in [0.717, 1.165) is 17.7 Å².